The molecule has 4 rings (SSSR count). The second kappa shape index (κ2) is 9.79. The molecule has 2 aromatic carbocycles. The van der Waals surface area contributed by atoms with Crippen LogP contribution in [0.1, 0.15) is 5.56 Å². The third-order valence-electron chi connectivity index (χ3n) is 5.17. The zero-order valence-corrected chi connectivity index (χ0v) is 17.7. The van der Waals surface area contributed by atoms with E-state index in [1.54, 1.807) is 0 Å². The molecule has 2 aromatic rings. The first-order valence-electron chi connectivity index (χ1n) is 10.1. The summed E-state index contributed by atoms with van der Waals surface area (Å²) in [5.74, 6) is -0.606. The van der Waals surface area contributed by atoms with Crippen molar-refractivity contribution in [3.8, 4) is 6.07 Å². The number of hydrogen-bond acceptors (Lipinski definition) is 5. The van der Waals surface area contributed by atoms with Crippen molar-refractivity contribution in [1.82, 2.24) is 5.43 Å². The molecule has 2 amide bonds. The number of amides is 2. The molecule has 0 spiro atoms. The van der Waals surface area contributed by atoms with Gasteiger partial charge in [0.15, 0.2) is 5.57 Å². The molecule has 158 valence electrons. The molecule has 2 heterocycles. The summed E-state index contributed by atoms with van der Waals surface area (Å²) >= 11 is 1.28. The molecular weight excluding hydrogens is 412 g/mol. The van der Waals surface area contributed by atoms with E-state index in [9.17, 15) is 14.9 Å². The molecule has 7 nitrogen and oxygen atoms in total. The first-order valence-corrected chi connectivity index (χ1v) is 11.0. The second-order valence-electron chi connectivity index (χ2n) is 7.27. The third kappa shape index (κ3) is 4.80. The van der Waals surface area contributed by atoms with E-state index in [-0.39, 0.29) is 11.5 Å². The van der Waals surface area contributed by atoms with E-state index in [4.69, 9.17) is 4.74 Å². The molecule has 0 radical (unpaired) electrons. The van der Waals surface area contributed by atoms with Crippen LogP contribution >= 0.6 is 11.8 Å². The van der Waals surface area contributed by atoms with Gasteiger partial charge in [0.1, 0.15) is 24.2 Å². The Morgan fingerprint density at radius 2 is 1.77 bits per heavy atom. The van der Waals surface area contributed by atoms with Crippen molar-refractivity contribution in [2.75, 3.05) is 31.2 Å². The normalized spacial score (nSPS) is 20.9. The van der Waals surface area contributed by atoms with Crippen LogP contribution in [-0.2, 0) is 20.7 Å². The topological polar surface area (TPSA) is 86.9 Å². The van der Waals surface area contributed by atoms with E-state index in [1.165, 1.54) is 16.7 Å². The van der Waals surface area contributed by atoms with Gasteiger partial charge in [0.05, 0.1) is 18.5 Å². The number of hydrogen-bond donors (Lipinski definition) is 2. The number of para-hydroxylation sites is 1. The molecule has 2 saturated heterocycles. The lowest BCUT2D eigenvalue weighted by Gasteiger charge is -2.24. The van der Waals surface area contributed by atoms with Gasteiger partial charge >= 0.3 is 5.91 Å². The van der Waals surface area contributed by atoms with Gasteiger partial charge in [-0.15, -0.1) is 0 Å². The summed E-state index contributed by atoms with van der Waals surface area (Å²) in [4.78, 5) is 27.8. The first-order chi connectivity index (χ1) is 15.2. The predicted molar refractivity (Wildman–Crippen MR) is 118 cm³/mol. The van der Waals surface area contributed by atoms with E-state index < -0.39 is 11.2 Å². The number of quaternary nitrogens is 1. The number of carbonyl (C=O) groups is 2. The van der Waals surface area contributed by atoms with Crippen LogP contribution in [0.25, 0.3) is 0 Å². The number of carbonyl (C=O) groups excluding carboxylic acids is 2. The molecule has 2 N–H and O–H groups in total. The molecule has 0 saturated carbocycles. The van der Waals surface area contributed by atoms with Gasteiger partial charge in [0.25, 0.3) is 0 Å². The van der Waals surface area contributed by atoms with E-state index in [0.29, 0.717) is 43.4 Å². The van der Waals surface area contributed by atoms with E-state index in [2.05, 4.69) is 5.43 Å². The highest BCUT2D eigenvalue weighted by Gasteiger charge is 2.41. The minimum Gasteiger partial charge on any atom is -0.370 e. The van der Waals surface area contributed by atoms with Crippen LogP contribution < -0.4 is 15.3 Å². The zero-order valence-electron chi connectivity index (χ0n) is 16.9. The highest BCUT2D eigenvalue weighted by atomic mass is 32.2. The number of rotatable bonds is 5. The van der Waals surface area contributed by atoms with Crippen molar-refractivity contribution in [2.45, 2.75) is 11.7 Å². The van der Waals surface area contributed by atoms with Crippen molar-refractivity contribution in [3.05, 3.63) is 76.8 Å². The SMILES string of the molecule is N#C/C(C(=O)N[NH+]1CCOCC1)=C1\SC(Cc2ccccc2)C(=O)N1c1ccccc1. The average Bonchev–Trinajstić information content (AvgIpc) is 3.11. The lowest BCUT2D eigenvalue weighted by molar-refractivity contribution is -0.943. The Morgan fingerprint density at radius 1 is 1.13 bits per heavy atom. The lowest BCUT2D eigenvalue weighted by atomic mass is 10.1. The molecule has 1 unspecified atom stereocenters. The molecule has 2 aliphatic rings. The Morgan fingerprint density at radius 3 is 2.42 bits per heavy atom. The maximum absolute atomic E-state index is 13.4. The summed E-state index contributed by atoms with van der Waals surface area (Å²) in [5.41, 5.74) is 4.49. The van der Waals surface area contributed by atoms with Crippen molar-refractivity contribution >= 4 is 29.3 Å². The minimum atomic E-state index is -0.476. The summed E-state index contributed by atoms with van der Waals surface area (Å²) in [7, 11) is 0. The second-order valence-corrected chi connectivity index (χ2v) is 8.46. The minimum absolute atomic E-state index is 0.0447. The number of nitrogens with one attached hydrogen (secondary N) is 2. The van der Waals surface area contributed by atoms with Gasteiger partial charge in [0.2, 0.25) is 5.91 Å². The van der Waals surface area contributed by atoms with E-state index in [1.807, 2.05) is 66.7 Å². The van der Waals surface area contributed by atoms with Crippen LogP contribution in [0.5, 0.6) is 0 Å². The number of nitriles is 1. The van der Waals surface area contributed by atoms with Gasteiger partial charge in [0, 0.05) is 5.69 Å². The van der Waals surface area contributed by atoms with Gasteiger partial charge in [-0.3, -0.25) is 14.5 Å². The Kier molecular flexibility index (Phi) is 6.67. The molecular formula is C23H23N4O3S+. The largest absolute Gasteiger partial charge is 0.370 e. The van der Waals surface area contributed by atoms with Crippen LogP contribution in [0.2, 0.25) is 0 Å². The van der Waals surface area contributed by atoms with Crippen LogP contribution in [-0.4, -0.2) is 43.4 Å². The van der Waals surface area contributed by atoms with Crippen LogP contribution in [0.15, 0.2) is 71.3 Å². The van der Waals surface area contributed by atoms with Crippen LogP contribution in [0.4, 0.5) is 5.69 Å². The highest BCUT2D eigenvalue weighted by Crippen LogP contribution is 2.41. The smallest absolute Gasteiger partial charge is 0.309 e. The predicted octanol–water partition coefficient (Wildman–Crippen LogP) is 1.06. The number of morpholine rings is 1. The van der Waals surface area contributed by atoms with Crippen molar-refractivity contribution in [3.63, 3.8) is 0 Å². The fraction of sp³-hybridized carbons (Fsp3) is 0.261. The fourth-order valence-electron chi connectivity index (χ4n) is 3.59. The molecule has 0 aliphatic carbocycles. The highest BCUT2D eigenvalue weighted by molar-refractivity contribution is 8.05. The summed E-state index contributed by atoms with van der Waals surface area (Å²) < 4.78 is 5.32. The van der Waals surface area contributed by atoms with E-state index in [0.717, 1.165) is 10.6 Å². The zero-order chi connectivity index (χ0) is 21.6. The fourth-order valence-corrected chi connectivity index (χ4v) is 4.90. The summed E-state index contributed by atoms with van der Waals surface area (Å²) in [5, 5.41) is 10.7. The molecule has 2 aliphatic heterocycles. The molecule has 0 bridgehead atoms. The Labute approximate surface area is 185 Å². The molecule has 1 atom stereocenters. The third-order valence-corrected chi connectivity index (χ3v) is 6.43. The summed E-state index contributed by atoms with van der Waals surface area (Å²) in [6.07, 6.45) is 0.520. The quantitative estimate of drug-likeness (QED) is 0.542. The number of nitrogens with zero attached hydrogens (tertiary/aromatic N) is 2. The molecule has 0 aromatic heterocycles. The number of benzene rings is 2. The first kappa shape index (κ1) is 21.1. The Hall–Kier alpha value is -3.12. The standard InChI is InChI=1S/C23H22N4O3S/c24-16-19(21(28)25-26-11-13-30-14-12-26)23-27(18-9-5-2-6-10-18)22(29)20(31-23)15-17-7-3-1-4-8-17/h1-10,20H,11-15H2,(H,25,28)/p+1/b23-19+. The summed E-state index contributed by atoms with van der Waals surface area (Å²) in [6, 6.07) is 20.9. The van der Waals surface area contributed by atoms with Gasteiger partial charge in [-0.1, -0.05) is 60.3 Å². The average molecular weight is 436 g/mol. The van der Waals surface area contributed by atoms with Gasteiger partial charge in [-0.05, 0) is 24.1 Å². The Bertz CT molecular complexity index is 1010. The van der Waals surface area contributed by atoms with Crippen molar-refractivity contribution in [2.24, 2.45) is 0 Å². The maximum atomic E-state index is 13.4. The molecule has 2 fully saturated rings. The lowest BCUT2D eigenvalue weighted by Crippen LogP contribution is -3.20. The van der Waals surface area contributed by atoms with Gasteiger partial charge < -0.3 is 4.74 Å². The molecule has 8 heteroatoms. The molecule has 31 heavy (non-hydrogen) atoms. The van der Waals surface area contributed by atoms with Crippen molar-refractivity contribution in [1.29, 1.82) is 5.26 Å². The van der Waals surface area contributed by atoms with Crippen LogP contribution in [0, 0.1) is 11.3 Å². The Balaban J connectivity index is 1.66. The monoisotopic (exact) mass is 435 g/mol. The number of anilines is 1. The number of thioether (sulfide) groups is 1. The summed E-state index contributed by atoms with van der Waals surface area (Å²) in [6.45, 7) is 2.36. The maximum Gasteiger partial charge on any atom is 0.309 e. The van der Waals surface area contributed by atoms with E-state index >= 15 is 0 Å². The van der Waals surface area contributed by atoms with Gasteiger partial charge in [-0.25, -0.2) is 5.01 Å². The number of ether oxygens (including phenoxy) is 1. The van der Waals surface area contributed by atoms with Crippen LogP contribution in [0.3, 0.4) is 0 Å². The van der Waals surface area contributed by atoms with Crippen molar-refractivity contribution < 1.29 is 19.3 Å². The van der Waals surface area contributed by atoms with Gasteiger partial charge in [-0.2, -0.15) is 10.7 Å².